The van der Waals surface area contributed by atoms with Crippen LogP contribution >= 0.6 is 0 Å². The average Bonchev–Trinajstić information content (AvgIpc) is 2.95. The van der Waals surface area contributed by atoms with E-state index in [2.05, 4.69) is 12.2 Å². The number of likely N-dealkylation sites (tertiary alicyclic amines) is 1. The molecule has 2 aliphatic rings. The summed E-state index contributed by atoms with van der Waals surface area (Å²) in [6.45, 7) is 3.72. The molecule has 1 aliphatic carbocycles. The molecule has 4 nitrogen and oxygen atoms in total. The Morgan fingerprint density at radius 1 is 1.17 bits per heavy atom. The minimum atomic E-state index is 0.0209. The van der Waals surface area contributed by atoms with Crippen LogP contribution in [-0.2, 0) is 11.3 Å². The van der Waals surface area contributed by atoms with Gasteiger partial charge in [-0.15, -0.1) is 0 Å². The largest absolute Gasteiger partial charge is 0.349 e. The molecule has 1 aliphatic heterocycles. The Kier molecular flexibility index (Phi) is 4.99. The molecule has 0 unspecified atom stereocenters. The van der Waals surface area contributed by atoms with Crippen molar-refractivity contribution >= 4 is 11.8 Å². The van der Waals surface area contributed by atoms with E-state index in [0.29, 0.717) is 30.5 Å². The lowest BCUT2D eigenvalue weighted by molar-refractivity contribution is -0.128. The summed E-state index contributed by atoms with van der Waals surface area (Å²) >= 11 is 0. The highest BCUT2D eigenvalue weighted by Crippen LogP contribution is 2.24. The van der Waals surface area contributed by atoms with Crippen LogP contribution < -0.4 is 5.32 Å². The van der Waals surface area contributed by atoms with E-state index in [1.807, 2.05) is 29.2 Å². The zero-order chi connectivity index (χ0) is 16.2. The maximum absolute atomic E-state index is 12.4. The second-order valence-corrected chi connectivity index (χ2v) is 6.96. The predicted octanol–water partition coefficient (Wildman–Crippen LogP) is 3.12. The summed E-state index contributed by atoms with van der Waals surface area (Å²) in [6.07, 6.45) is 6.39. The molecule has 1 aromatic carbocycles. The first-order chi connectivity index (χ1) is 11.1. The van der Waals surface area contributed by atoms with Crippen molar-refractivity contribution in [3.63, 3.8) is 0 Å². The predicted molar refractivity (Wildman–Crippen MR) is 90.0 cm³/mol. The van der Waals surface area contributed by atoms with E-state index >= 15 is 0 Å². The maximum Gasteiger partial charge on any atom is 0.251 e. The number of nitrogens with one attached hydrogen (secondary N) is 1. The number of hydrogen-bond acceptors (Lipinski definition) is 2. The van der Waals surface area contributed by atoms with Gasteiger partial charge in [-0.05, 0) is 42.9 Å². The summed E-state index contributed by atoms with van der Waals surface area (Å²) in [4.78, 5) is 25.9. The molecule has 1 heterocycles. The molecule has 2 amide bonds. The fraction of sp³-hybridized carbons (Fsp3) is 0.579. The highest BCUT2D eigenvalue weighted by atomic mass is 16.2. The first kappa shape index (κ1) is 16.0. The lowest BCUT2D eigenvalue weighted by atomic mass is 9.86. The van der Waals surface area contributed by atoms with Gasteiger partial charge in [-0.2, -0.15) is 0 Å². The van der Waals surface area contributed by atoms with Crippen molar-refractivity contribution in [3.05, 3.63) is 35.4 Å². The van der Waals surface area contributed by atoms with Gasteiger partial charge in [0.25, 0.3) is 5.91 Å². The maximum atomic E-state index is 12.4. The minimum absolute atomic E-state index is 0.0209. The summed E-state index contributed by atoms with van der Waals surface area (Å²) in [5.41, 5.74) is 1.79. The highest BCUT2D eigenvalue weighted by molar-refractivity contribution is 5.94. The summed E-state index contributed by atoms with van der Waals surface area (Å²) in [7, 11) is 0. The Morgan fingerprint density at radius 2 is 1.91 bits per heavy atom. The third-order valence-corrected chi connectivity index (χ3v) is 5.19. The third kappa shape index (κ3) is 3.92. The van der Waals surface area contributed by atoms with Gasteiger partial charge in [0.1, 0.15) is 0 Å². The van der Waals surface area contributed by atoms with Gasteiger partial charge in [-0.3, -0.25) is 9.59 Å². The molecule has 2 atom stereocenters. The van der Waals surface area contributed by atoms with Crippen molar-refractivity contribution in [1.29, 1.82) is 0 Å². The Morgan fingerprint density at radius 3 is 2.57 bits per heavy atom. The molecule has 2 fully saturated rings. The van der Waals surface area contributed by atoms with Crippen LogP contribution in [0.3, 0.4) is 0 Å². The van der Waals surface area contributed by atoms with E-state index in [4.69, 9.17) is 0 Å². The SMILES string of the molecule is C[C@@H]1CCCC[C@@H]1NC(=O)c1ccc(CN2CCCC2=O)cc1. The number of rotatable bonds is 4. The molecular formula is C19H26N2O2. The number of carbonyl (C=O) groups is 2. The van der Waals surface area contributed by atoms with Gasteiger partial charge >= 0.3 is 0 Å². The fourth-order valence-electron chi connectivity index (χ4n) is 3.64. The number of amides is 2. The summed E-state index contributed by atoms with van der Waals surface area (Å²) in [6, 6.07) is 7.98. The fourth-order valence-corrected chi connectivity index (χ4v) is 3.64. The zero-order valence-electron chi connectivity index (χ0n) is 13.9. The monoisotopic (exact) mass is 314 g/mol. The first-order valence-electron chi connectivity index (χ1n) is 8.81. The van der Waals surface area contributed by atoms with Crippen molar-refractivity contribution < 1.29 is 9.59 Å². The smallest absolute Gasteiger partial charge is 0.251 e. The molecule has 124 valence electrons. The summed E-state index contributed by atoms with van der Waals surface area (Å²) < 4.78 is 0. The van der Waals surface area contributed by atoms with Gasteiger partial charge in [0.15, 0.2) is 0 Å². The molecule has 3 rings (SSSR count). The van der Waals surface area contributed by atoms with Crippen molar-refractivity contribution in [3.8, 4) is 0 Å². The van der Waals surface area contributed by atoms with Crippen molar-refractivity contribution in [2.45, 2.75) is 58.0 Å². The van der Waals surface area contributed by atoms with Crippen LogP contribution in [0.25, 0.3) is 0 Å². The Hall–Kier alpha value is -1.84. The van der Waals surface area contributed by atoms with Gasteiger partial charge in [0, 0.05) is 31.1 Å². The van der Waals surface area contributed by atoms with E-state index in [0.717, 1.165) is 24.9 Å². The van der Waals surface area contributed by atoms with Crippen LogP contribution in [-0.4, -0.2) is 29.3 Å². The van der Waals surface area contributed by atoms with Gasteiger partial charge in [-0.25, -0.2) is 0 Å². The van der Waals surface area contributed by atoms with E-state index in [9.17, 15) is 9.59 Å². The first-order valence-corrected chi connectivity index (χ1v) is 8.81. The third-order valence-electron chi connectivity index (χ3n) is 5.19. The van der Waals surface area contributed by atoms with Crippen LogP contribution in [0.15, 0.2) is 24.3 Å². The van der Waals surface area contributed by atoms with Crippen LogP contribution in [0.2, 0.25) is 0 Å². The molecule has 1 saturated carbocycles. The van der Waals surface area contributed by atoms with Gasteiger partial charge in [0.2, 0.25) is 5.91 Å². The van der Waals surface area contributed by atoms with Gasteiger partial charge in [0.05, 0.1) is 0 Å². The van der Waals surface area contributed by atoms with E-state index in [-0.39, 0.29) is 11.8 Å². The molecule has 1 N–H and O–H groups in total. The average molecular weight is 314 g/mol. The van der Waals surface area contributed by atoms with Crippen LogP contribution in [0.4, 0.5) is 0 Å². The Bertz CT molecular complexity index is 567. The van der Waals surface area contributed by atoms with Crippen LogP contribution in [0, 0.1) is 5.92 Å². The number of hydrogen-bond donors (Lipinski definition) is 1. The second-order valence-electron chi connectivity index (χ2n) is 6.96. The minimum Gasteiger partial charge on any atom is -0.349 e. The Labute approximate surface area is 138 Å². The van der Waals surface area contributed by atoms with Crippen LogP contribution in [0.5, 0.6) is 0 Å². The highest BCUT2D eigenvalue weighted by Gasteiger charge is 2.23. The number of benzene rings is 1. The topological polar surface area (TPSA) is 49.4 Å². The zero-order valence-corrected chi connectivity index (χ0v) is 13.9. The van der Waals surface area contributed by atoms with E-state index < -0.39 is 0 Å². The summed E-state index contributed by atoms with van der Waals surface area (Å²) in [5.74, 6) is 0.818. The normalized spacial score (nSPS) is 24.7. The molecule has 0 bridgehead atoms. The molecule has 4 heteroatoms. The van der Waals surface area contributed by atoms with E-state index in [1.54, 1.807) is 0 Å². The lowest BCUT2D eigenvalue weighted by Gasteiger charge is -2.29. The van der Waals surface area contributed by atoms with Crippen molar-refractivity contribution in [2.75, 3.05) is 6.54 Å². The molecular weight excluding hydrogens is 288 g/mol. The molecule has 0 radical (unpaired) electrons. The van der Waals surface area contributed by atoms with Crippen LogP contribution in [0.1, 0.15) is 61.4 Å². The second kappa shape index (κ2) is 7.16. The summed E-state index contributed by atoms with van der Waals surface area (Å²) in [5, 5.41) is 3.18. The van der Waals surface area contributed by atoms with E-state index in [1.165, 1.54) is 19.3 Å². The standard InChI is InChI=1S/C19H26N2O2/c1-14-5-2-3-6-17(14)20-19(23)16-10-8-15(9-11-16)13-21-12-4-7-18(21)22/h8-11,14,17H,2-7,12-13H2,1H3,(H,20,23)/t14-,17+/m1/s1. The number of nitrogens with zero attached hydrogens (tertiary/aromatic N) is 1. The van der Waals surface area contributed by atoms with Gasteiger partial charge < -0.3 is 10.2 Å². The number of carbonyl (C=O) groups excluding carboxylic acids is 2. The molecule has 1 saturated heterocycles. The Balaban J connectivity index is 1.57. The van der Waals surface area contributed by atoms with Crippen molar-refractivity contribution in [2.24, 2.45) is 5.92 Å². The molecule has 0 spiro atoms. The molecule has 1 aromatic rings. The quantitative estimate of drug-likeness (QED) is 0.928. The lowest BCUT2D eigenvalue weighted by Crippen LogP contribution is -2.41. The molecule has 23 heavy (non-hydrogen) atoms. The van der Waals surface area contributed by atoms with Gasteiger partial charge in [-0.1, -0.05) is 31.9 Å². The van der Waals surface area contributed by atoms with Crippen molar-refractivity contribution in [1.82, 2.24) is 10.2 Å². The molecule has 0 aromatic heterocycles.